The molecule has 0 unspecified atom stereocenters. The van der Waals surface area contributed by atoms with Crippen molar-refractivity contribution in [3.05, 3.63) is 88.1 Å². The van der Waals surface area contributed by atoms with Crippen molar-refractivity contribution in [3.63, 3.8) is 0 Å². The summed E-state index contributed by atoms with van der Waals surface area (Å²) in [5, 5.41) is 6.41. The molecule has 8 nitrogen and oxygen atoms in total. The number of fused-ring (bicyclic) bond motifs is 3. The second-order valence-corrected chi connectivity index (χ2v) is 12.0. The van der Waals surface area contributed by atoms with E-state index in [1.54, 1.807) is 17.2 Å². The molecule has 0 radical (unpaired) electrons. The number of aromatic nitrogens is 1. The first-order valence-corrected chi connectivity index (χ1v) is 14.6. The number of halogens is 1. The molecule has 41 heavy (non-hydrogen) atoms. The van der Waals surface area contributed by atoms with Crippen LogP contribution in [-0.4, -0.2) is 45.5 Å². The number of aliphatic imine (C=N–C) groups is 1. The molecule has 7 rings (SSSR count). The van der Waals surface area contributed by atoms with Crippen LogP contribution in [0.2, 0.25) is 5.02 Å². The molecule has 208 valence electrons. The van der Waals surface area contributed by atoms with E-state index in [9.17, 15) is 14.4 Å². The summed E-state index contributed by atoms with van der Waals surface area (Å²) < 4.78 is 0. The Morgan fingerprint density at radius 2 is 1.76 bits per heavy atom. The number of benzene rings is 2. The highest BCUT2D eigenvalue weighted by atomic mass is 35.5. The number of hydrogen-bond acceptors (Lipinski definition) is 5. The number of hydrogen-bond donors (Lipinski definition) is 2. The summed E-state index contributed by atoms with van der Waals surface area (Å²) in [4.78, 5) is 51.3. The highest BCUT2D eigenvalue weighted by Gasteiger charge is 2.51. The van der Waals surface area contributed by atoms with Gasteiger partial charge in [0, 0.05) is 23.0 Å². The molecule has 3 amide bonds. The van der Waals surface area contributed by atoms with Crippen molar-refractivity contribution in [1.82, 2.24) is 9.88 Å². The minimum absolute atomic E-state index is 0.0384. The van der Waals surface area contributed by atoms with Crippen molar-refractivity contribution in [1.29, 1.82) is 0 Å². The highest BCUT2D eigenvalue weighted by Crippen LogP contribution is 2.47. The average Bonchev–Trinajstić information content (AvgIpc) is 3.48. The maximum atomic E-state index is 13.8. The lowest BCUT2D eigenvalue weighted by Gasteiger charge is -2.35. The summed E-state index contributed by atoms with van der Waals surface area (Å²) in [7, 11) is 0. The van der Waals surface area contributed by atoms with E-state index in [1.807, 2.05) is 48.5 Å². The smallest absolute Gasteiger partial charge is 0.275 e. The average molecular weight is 568 g/mol. The second-order valence-electron chi connectivity index (χ2n) is 11.5. The third-order valence-corrected chi connectivity index (χ3v) is 9.40. The van der Waals surface area contributed by atoms with Crippen molar-refractivity contribution in [2.45, 2.75) is 62.4 Å². The van der Waals surface area contributed by atoms with E-state index >= 15 is 0 Å². The molecule has 2 N–H and O–H groups in total. The van der Waals surface area contributed by atoms with Gasteiger partial charge in [-0.2, -0.15) is 0 Å². The van der Waals surface area contributed by atoms with Gasteiger partial charge in [0.2, 0.25) is 11.8 Å². The van der Waals surface area contributed by atoms with Crippen molar-refractivity contribution < 1.29 is 14.4 Å². The van der Waals surface area contributed by atoms with Crippen LogP contribution < -0.4 is 10.6 Å². The molecule has 9 heteroatoms. The van der Waals surface area contributed by atoms with Crippen LogP contribution >= 0.6 is 11.6 Å². The van der Waals surface area contributed by atoms with E-state index < -0.39 is 11.1 Å². The Bertz CT molecular complexity index is 1630. The topological polar surface area (TPSA) is 104 Å². The Morgan fingerprint density at radius 1 is 0.976 bits per heavy atom. The minimum atomic E-state index is -0.735. The summed E-state index contributed by atoms with van der Waals surface area (Å²) in [6.07, 6.45) is 8.32. The zero-order valence-electron chi connectivity index (χ0n) is 22.6. The van der Waals surface area contributed by atoms with Crippen LogP contribution in [0.3, 0.4) is 0 Å². The van der Waals surface area contributed by atoms with Crippen LogP contribution in [0.5, 0.6) is 0 Å². The fraction of sp³-hybridized carbons (Fsp3) is 0.344. The Labute approximate surface area is 243 Å². The van der Waals surface area contributed by atoms with E-state index in [-0.39, 0.29) is 24.3 Å². The van der Waals surface area contributed by atoms with Crippen molar-refractivity contribution in [2.24, 2.45) is 4.99 Å². The zero-order valence-corrected chi connectivity index (χ0v) is 23.3. The molecule has 4 aliphatic rings. The summed E-state index contributed by atoms with van der Waals surface area (Å²) in [6.45, 7) is -0.0985. The Kier molecular flexibility index (Phi) is 6.19. The molecule has 2 spiro atoms. The standard InChI is InChI=1S/C32H30ClN5O3/c33-25-10-4-3-8-23(25)27-29(40)38(32(37-27)13-5-1-2-6-14-32)19-26(39)35-22-12-11-20-17-31(18-21(20)16-22)24-9-7-15-34-28(24)36-30(31)41/h3-4,7-12,15-16H,1-2,5-6,13-14,17-19H2,(H,35,39)(H,34,36,41)/t31-/m1/s1. The van der Waals surface area contributed by atoms with Gasteiger partial charge in [-0.1, -0.05) is 54.8 Å². The first-order valence-electron chi connectivity index (χ1n) is 14.2. The molecule has 2 aromatic carbocycles. The molecule has 2 aliphatic heterocycles. The number of nitrogens with zero attached hydrogens (tertiary/aromatic N) is 3. The molecule has 2 aliphatic carbocycles. The number of carbonyl (C=O) groups excluding carboxylic acids is 3. The lowest BCUT2D eigenvalue weighted by Crippen LogP contribution is -2.50. The van der Waals surface area contributed by atoms with E-state index in [0.29, 0.717) is 40.6 Å². The number of anilines is 2. The van der Waals surface area contributed by atoms with Crippen molar-refractivity contribution in [3.8, 4) is 0 Å². The maximum absolute atomic E-state index is 13.8. The summed E-state index contributed by atoms with van der Waals surface area (Å²) in [6, 6.07) is 16.8. The number of carbonyl (C=O) groups is 3. The normalized spacial score (nSPS) is 22.4. The predicted octanol–water partition coefficient (Wildman–Crippen LogP) is 5.04. The van der Waals surface area contributed by atoms with Gasteiger partial charge >= 0.3 is 0 Å². The summed E-state index contributed by atoms with van der Waals surface area (Å²) >= 11 is 6.46. The fourth-order valence-corrected chi connectivity index (χ4v) is 7.27. The maximum Gasteiger partial charge on any atom is 0.275 e. The monoisotopic (exact) mass is 567 g/mol. The predicted molar refractivity (Wildman–Crippen MR) is 157 cm³/mol. The molecular weight excluding hydrogens is 538 g/mol. The van der Waals surface area contributed by atoms with E-state index in [0.717, 1.165) is 55.2 Å². The van der Waals surface area contributed by atoms with Gasteiger partial charge in [-0.05, 0) is 73.9 Å². The van der Waals surface area contributed by atoms with Crippen LogP contribution in [0.25, 0.3) is 0 Å². The van der Waals surface area contributed by atoms with E-state index in [1.165, 1.54) is 0 Å². The largest absolute Gasteiger partial charge is 0.325 e. The Morgan fingerprint density at radius 3 is 2.56 bits per heavy atom. The SMILES string of the molecule is O=C(CN1C(=O)C(c2ccccc2Cl)=NC12CCCCCC2)Nc1ccc2c(c1)C[C@@]1(C2)C(=O)Nc2ncccc21. The van der Waals surface area contributed by atoms with Crippen LogP contribution in [0, 0.1) is 0 Å². The molecule has 1 saturated carbocycles. The molecule has 3 heterocycles. The third kappa shape index (κ3) is 4.23. The number of rotatable bonds is 4. The first kappa shape index (κ1) is 25.9. The van der Waals surface area contributed by atoms with Gasteiger partial charge in [-0.15, -0.1) is 0 Å². The molecule has 1 aromatic heterocycles. The van der Waals surface area contributed by atoms with Gasteiger partial charge in [-0.3, -0.25) is 19.4 Å². The zero-order chi connectivity index (χ0) is 28.2. The van der Waals surface area contributed by atoms with E-state index in [4.69, 9.17) is 16.6 Å². The van der Waals surface area contributed by atoms with Gasteiger partial charge in [0.25, 0.3) is 5.91 Å². The third-order valence-electron chi connectivity index (χ3n) is 9.07. The van der Waals surface area contributed by atoms with Crippen LogP contribution in [0.1, 0.15) is 60.8 Å². The van der Waals surface area contributed by atoms with Gasteiger partial charge in [0.1, 0.15) is 23.7 Å². The molecule has 1 atom stereocenters. The molecule has 1 fully saturated rings. The lowest BCUT2D eigenvalue weighted by molar-refractivity contribution is -0.133. The van der Waals surface area contributed by atoms with Crippen LogP contribution in [0.15, 0.2) is 65.8 Å². The summed E-state index contributed by atoms with van der Waals surface area (Å²) in [5.74, 6) is 0.0486. The quantitative estimate of drug-likeness (QED) is 0.461. The van der Waals surface area contributed by atoms with Crippen LogP contribution in [-0.2, 0) is 32.6 Å². The molecule has 0 bridgehead atoms. The molecular formula is C32H30ClN5O3. The second kappa shape index (κ2) is 9.80. The first-order chi connectivity index (χ1) is 19.9. The Hall–Kier alpha value is -4.04. The van der Waals surface area contributed by atoms with Crippen molar-refractivity contribution in [2.75, 3.05) is 17.2 Å². The lowest BCUT2D eigenvalue weighted by atomic mass is 9.79. The van der Waals surface area contributed by atoms with Crippen LogP contribution in [0.4, 0.5) is 11.5 Å². The van der Waals surface area contributed by atoms with Gasteiger partial charge in [0.15, 0.2) is 0 Å². The van der Waals surface area contributed by atoms with E-state index in [2.05, 4.69) is 15.6 Å². The van der Waals surface area contributed by atoms with Crippen molar-refractivity contribution >= 4 is 46.5 Å². The van der Waals surface area contributed by atoms with Gasteiger partial charge in [-0.25, -0.2) is 4.98 Å². The minimum Gasteiger partial charge on any atom is -0.325 e. The van der Waals surface area contributed by atoms with Gasteiger partial charge in [0.05, 0.1) is 10.4 Å². The number of amides is 3. The van der Waals surface area contributed by atoms with Gasteiger partial charge < -0.3 is 15.5 Å². The number of nitrogens with one attached hydrogen (secondary N) is 2. The number of pyridine rings is 1. The summed E-state index contributed by atoms with van der Waals surface area (Å²) in [5.41, 5.74) is 3.20. The Balaban J connectivity index is 1.12. The fourth-order valence-electron chi connectivity index (χ4n) is 7.05. The molecule has 0 saturated heterocycles. The molecule has 3 aromatic rings. The highest BCUT2D eigenvalue weighted by molar-refractivity contribution is 6.50.